The van der Waals surface area contributed by atoms with Crippen molar-refractivity contribution in [2.24, 2.45) is 11.7 Å². The number of hydrogen-bond donors (Lipinski definition) is 2. The van der Waals surface area contributed by atoms with Gasteiger partial charge in [-0.3, -0.25) is 4.79 Å². The lowest BCUT2D eigenvalue weighted by Gasteiger charge is -2.44. The smallest absolute Gasteiger partial charge is 0.323 e. The Morgan fingerprint density at radius 1 is 1.20 bits per heavy atom. The summed E-state index contributed by atoms with van der Waals surface area (Å²) in [5, 5.41) is 9.32. The molecule has 1 fully saturated rings. The van der Waals surface area contributed by atoms with Crippen LogP contribution in [0.3, 0.4) is 0 Å². The third-order valence-corrected chi connectivity index (χ3v) is 6.07. The Balaban J connectivity index is 1.97. The van der Waals surface area contributed by atoms with Gasteiger partial charge in [0.15, 0.2) is 0 Å². The molecule has 0 heterocycles. The summed E-state index contributed by atoms with van der Waals surface area (Å²) in [5.41, 5.74) is 8.05. The van der Waals surface area contributed by atoms with Gasteiger partial charge >= 0.3 is 5.97 Å². The fourth-order valence-electron chi connectivity index (χ4n) is 4.42. The Hall–Kier alpha value is -1.35. The standard InChI is InChI=1S/C17H23NO2/c1-11-12(2)16(14-6-4-3-5-13(11)14)7-9-17(18,10-8-16)15(19)20/h3-6,11-12H,7-10,18H2,1-2H3,(H,19,20)/t11-,12+,16?,17?/m0/s1. The van der Waals surface area contributed by atoms with Crippen molar-refractivity contribution in [3.63, 3.8) is 0 Å². The maximum atomic E-state index is 11.3. The second-order valence-electron chi connectivity index (χ2n) is 6.78. The van der Waals surface area contributed by atoms with E-state index in [2.05, 4.69) is 38.1 Å². The molecule has 1 saturated carbocycles. The third kappa shape index (κ3) is 1.65. The Bertz CT molecular complexity index is 544. The van der Waals surface area contributed by atoms with Crippen LogP contribution in [0.15, 0.2) is 24.3 Å². The van der Waals surface area contributed by atoms with Crippen molar-refractivity contribution in [2.75, 3.05) is 0 Å². The Morgan fingerprint density at radius 3 is 2.40 bits per heavy atom. The minimum absolute atomic E-state index is 0.133. The molecule has 0 unspecified atom stereocenters. The van der Waals surface area contributed by atoms with Crippen molar-refractivity contribution >= 4 is 5.97 Å². The van der Waals surface area contributed by atoms with Gasteiger partial charge in [-0.25, -0.2) is 0 Å². The first kappa shape index (κ1) is 13.6. The molecule has 3 N–H and O–H groups in total. The lowest BCUT2D eigenvalue weighted by atomic mass is 9.61. The minimum atomic E-state index is -1.02. The van der Waals surface area contributed by atoms with Crippen LogP contribution in [0.25, 0.3) is 0 Å². The van der Waals surface area contributed by atoms with E-state index in [1.54, 1.807) is 0 Å². The van der Waals surface area contributed by atoms with E-state index >= 15 is 0 Å². The average molecular weight is 273 g/mol. The van der Waals surface area contributed by atoms with E-state index in [0.717, 1.165) is 12.8 Å². The van der Waals surface area contributed by atoms with Gasteiger partial charge in [0.05, 0.1) is 0 Å². The summed E-state index contributed by atoms with van der Waals surface area (Å²) in [5.74, 6) is 0.249. The molecule has 3 rings (SSSR count). The first-order valence-corrected chi connectivity index (χ1v) is 7.52. The molecule has 0 aliphatic heterocycles. The van der Waals surface area contributed by atoms with Crippen molar-refractivity contribution in [1.29, 1.82) is 0 Å². The molecule has 1 aromatic carbocycles. The fraction of sp³-hybridized carbons (Fsp3) is 0.588. The summed E-state index contributed by atoms with van der Waals surface area (Å²) in [6.07, 6.45) is 2.93. The molecule has 20 heavy (non-hydrogen) atoms. The van der Waals surface area contributed by atoms with E-state index in [4.69, 9.17) is 5.73 Å². The Kier molecular flexibility index (Phi) is 2.94. The third-order valence-electron chi connectivity index (χ3n) is 6.07. The van der Waals surface area contributed by atoms with Crippen LogP contribution < -0.4 is 5.73 Å². The predicted octanol–water partition coefficient (Wildman–Crippen LogP) is 3.03. The first-order chi connectivity index (χ1) is 9.41. The summed E-state index contributed by atoms with van der Waals surface area (Å²) in [7, 11) is 0. The molecule has 1 aromatic rings. The highest BCUT2D eigenvalue weighted by atomic mass is 16.4. The zero-order chi connectivity index (χ0) is 14.5. The number of nitrogens with two attached hydrogens (primary N) is 1. The topological polar surface area (TPSA) is 63.3 Å². The summed E-state index contributed by atoms with van der Waals surface area (Å²) >= 11 is 0. The van der Waals surface area contributed by atoms with E-state index in [0.29, 0.717) is 24.7 Å². The number of carbonyl (C=O) groups is 1. The van der Waals surface area contributed by atoms with E-state index in [1.807, 2.05) is 0 Å². The van der Waals surface area contributed by atoms with Crippen molar-refractivity contribution in [1.82, 2.24) is 0 Å². The second-order valence-corrected chi connectivity index (χ2v) is 6.78. The highest BCUT2D eigenvalue weighted by Gasteiger charge is 2.53. The quantitative estimate of drug-likeness (QED) is 0.826. The van der Waals surface area contributed by atoms with Gasteiger partial charge in [-0.05, 0) is 54.1 Å². The Labute approximate surface area is 120 Å². The molecule has 0 bridgehead atoms. The van der Waals surface area contributed by atoms with Crippen LogP contribution in [0.5, 0.6) is 0 Å². The highest BCUT2D eigenvalue weighted by Crippen LogP contribution is 2.57. The number of benzene rings is 1. The van der Waals surface area contributed by atoms with Gasteiger partial charge in [-0.2, -0.15) is 0 Å². The van der Waals surface area contributed by atoms with Crippen LogP contribution in [-0.4, -0.2) is 16.6 Å². The Morgan fingerprint density at radius 2 is 1.80 bits per heavy atom. The number of aliphatic carboxylic acids is 1. The maximum Gasteiger partial charge on any atom is 0.323 e. The summed E-state index contributed by atoms with van der Waals surface area (Å²) < 4.78 is 0. The number of hydrogen-bond acceptors (Lipinski definition) is 2. The van der Waals surface area contributed by atoms with E-state index in [-0.39, 0.29) is 5.41 Å². The zero-order valence-corrected chi connectivity index (χ0v) is 12.2. The van der Waals surface area contributed by atoms with Gasteiger partial charge in [-0.15, -0.1) is 0 Å². The normalized spacial score (nSPS) is 39.8. The molecular weight excluding hydrogens is 250 g/mol. The number of carboxylic acid groups (broad SMARTS) is 1. The molecule has 2 atom stereocenters. The molecule has 0 aromatic heterocycles. The van der Waals surface area contributed by atoms with Gasteiger partial charge in [0.2, 0.25) is 0 Å². The van der Waals surface area contributed by atoms with Gasteiger partial charge in [0.1, 0.15) is 5.54 Å². The number of carboxylic acids is 1. The molecule has 0 amide bonds. The van der Waals surface area contributed by atoms with E-state index in [1.165, 1.54) is 11.1 Å². The molecule has 3 heteroatoms. The zero-order valence-electron chi connectivity index (χ0n) is 12.2. The van der Waals surface area contributed by atoms with Gasteiger partial charge in [0.25, 0.3) is 0 Å². The molecule has 2 aliphatic rings. The molecular formula is C17H23NO2. The van der Waals surface area contributed by atoms with Gasteiger partial charge < -0.3 is 10.8 Å². The van der Waals surface area contributed by atoms with Crippen LogP contribution in [0.2, 0.25) is 0 Å². The molecule has 1 spiro atoms. The molecule has 2 aliphatic carbocycles. The molecule has 0 radical (unpaired) electrons. The van der Waals surface area contributed by atoms with Crippen LogP contribution in [0, 0.1) is 5.92 Å². The second kappa shape index (κ2) is 4.32. The molecule has 3 nitrogen and oxygen atoms in total. The van der Waals surface area contributed by atoms with Crippen LogP contribution in [0.1, 0.15) is 56.6 Å². The maximum absolute atomic E-state index is 11.3. The summed E-state index contributed by atoms with van der Waals surface area (Å²) in [4.78, 5) is 11.3. The van der Waals surface area contributed by atoms with Crippen molar-refractivity contribution in [3.05, 3.63) is 35.4 Å². The summed E-state index contributed by atoms with van der Waals surface area (Å²) in [6.45, 7) is 4.61. The highest BCUT2D eigenvalue weighted by molar-refractivity contribution is 5.78. The fourth-order valence-corrected chi connectivity index (χ4v) is 4.42. The first-order valence-electron chi connectivity index (χ1n) is 7.52. The van der Waals surface area contributed by atoms with E-state index < -0.39 is 11.5 Å². The van der Waals surface area contributed by atoms with Gasteiger partial charge in [-0.1, -0.05) is 38.1 Å². The number of fused-ring (bicyclic) bond motifs is 2. The van der Waals surface area contributed by atoms with E-state index in [9.17, 15) is 9.90 Å². The van der Waals surface area contributed by atoms with Crippen molar-refractivity contribution < 1.29 is 9.90 Å². The lowest BCUT2D eigenvalue weighted by Crippen LogP contribution is -2.54. The monoisotopic (exact) mass is 273 g/mol. The lowest BCUT2D eigenvalue weighted by molar-refractivity contribution is -0.145. The van der Waals surface area contributed by atoms with Crippen LogP contribution in [-0.2, 0) is 10.2 Å². The average Bonchev–Trinajstić information content (AvgIpc) is 2.65. The molecule has 108 valence electrons. The molecule has 0 saturated heterocycles. The predicted molar refractivity (Wildman–Crippen MR) is 78.7 cm³/mol. The largest absolute Gasteiger partial charge is 0.480 e. The van der Waals surface area contributed by atoms with Crippen LogP contribution >= 0.6 is 0 Å². The number of rotatable bonds is 1. The SMILES string of the molecule is C[C@@H]1c2ccccc2C2(CCC(N)(C(=O)O)CC2)[C@@H]1C. The summed E-state index contributed by atoms with van der Waals surface area (Å²) in [6, 6.07) is 8.67. The van der Waals surface area contributed by atoms with Crippen molar-refractivity contribution in [2.45, 2.75) is 56.4 Å². The van der Waals surface area contributed by atoms with Gasteiger partial charge in [0, 0.05) is 0 Å². The van der Waals surface area contributed by atoms with Crippen LogP contribution in [0.4, 0.5) is 0 Å². The van der Waals surface area contributed by atoms with Crippen molar-refractivity contribution in [3.8, 4) is 0 Å². The minimum Gasteiger partial charge on any atom is -0.480 e.